The zero-order valence-corrected chi connectivity index (χ0v) is 24.2. The van der Waals surface area contributed by atoms with Gasteiger partial charge in [0.05, 0.1) is 29.4 Å². The topological polar surface area (TPSA) is 94.8 Å². The number of hydrogen-bond donors (Lipinski definition) is 1. The first kappa shape index (κ1) is 28.5. The Hall–Kier alpha value is -4.05. The maximum absolute atomic E-state index is 13.9. The van der Waals surface area contributed by atoms with Crippen LogP contribution in [0.2, 0.25) is 0 Å². The van der Waals surface area contributed by atoms with E-state index >= 15 is 0 Å². The van der Waals surface area contributed by atoms with Crippen LogP contribution >= 0.6 is 15.9 Å². The predicted molar refractivity (Wildman–Crippen MR) is 161 cm³/mol. The summed E-state index contributed by atoms with van der Waals surface area (Å²) in [5, 5.41) is 7.58. The highest BCUT2D eigenvalue weighted by atomic mass is 79.9. The molecule has 0 bridgehead atoms. The Morgan fingerprint density at radius 3 is 2.68 bits per heavy atom. The van der Waals surface area contributed by atoms with Crippen molar-refractivity contribution >= 4 is 44.6 Å². The molecule has 212 valence electrons. The molecular weight excluding hydrogens is 591 g/mol. The summed E-state index contributed by atoms with van der Waals surface area (Å²) in [6, 6.07) is 16.6. The van der Waals surface area contributed by atoms with Gasteiger partial charge in [-0.25, -0.2) is 9.37 Å². The summed E-state index contributed by atoms with van der Waals surface area (Å²) in [4.78, 5) is 30.8. The van der Waals surface area contributed by atoms with Crippen LogP contribution in [0.4, 0.5) is 10.1 Å². The van der Waals surface area contributed by atoms with Gasteiger partial charge in [-0.15, -0.1) is 0 Å². The SMILES string of the molecule is CCOc1cc(C=Nn2c(C3CCCCC3)nc3ccc(Br)cc3c2=O)ccc1OCC(=O)Nc1ccccc1F. The van der Waals surface area contributed by atoms with Gasteiger partial charge in [-0.1, -0.05) is 47.3 Å². The quantitative estimate of drug-likeness (QED) is 0.212. The number of halogens is 2. The Balaban J connectivity index is 1.40. The molecule has 0 spiro atoms. The molecule has 4 aromatic rings. The maximum atomic E-state index is 13.9. The summed E-state index contributed by atoms with van der Waals surface area (Å²) >= 11 is 3.45. The molecule has 1 amide bonds. The second kappa shape index (κ2) is 13.1. The van der Waals surface area contributed by atoms with E-state index in [-0.39, 0.29) is 23.8 Å². The van der Waals surface area contributed by atoms with Gasteiger partial charge in [-0.3, -0.25) is 9.59 Å². The minimum atomic E-state index is -0.528. The van der Waals surface area contributed by atoms with E-state index in [0.717, 1.165) is 30.2 Å². The summed E-state index contributed by atoms with van der Waals surface area (Å²) in [5.74, 6) is 0.562. The monoisotopic (exact) mass is 620 g/mol. The van der Waals surface area contributed by atoms with Gasteiger partial charge in [0, 0.05) is 10.4 Å². The first-order valence-corrected chi connectivity index (χ1v) is 14.4. The smallest absolute Gasteiger partial charge is 0.282 e. The molecule has 5 rings (SSSR count). The minimum absolute atomic E-state index is 0.0797. The Morgan fingerprint density at radius 2 is 1.90 bits per heavy atom. The van der Waals surface area contributed by atoms with Crippen LogP contribution in [-0.4, -0.2) is 35.0 Å². The first-order valence-electron chi connectivity index (χ1n) is 13.6. The van der Waals surface area contributed by atoms with Crippen molar-refractivity contribution in [1.82, 2.24) is 9.66 Å². The molecule has 1 aromatic heterocycles. The van der Waals surface area contributed by atoms with Gasteiger partial charge in [0.1, 0.15) is 11.6 Å². The third-order valence-electron chi connectivity index (χ3n) is 6.90. The van der Waals surface area contributed by atoms with Crippen LogP contribution < -0.4 is 20.3 Å². The minimum Gasteiger partial charge on any atom is -0.490 e. The van der Waals surface area contributed by atoms with Crippen molar-refractivity contribution in [3.05, 3.63) is 92.7 Å². The summed E-state index contributed by atoms with van der Waals surface area (Å²) in [6.07, 6.45) is 6.91. The molecule has 3 aromatic carbocycles. The third kappa shape index (κ3) is 6.82. The van der Waals surface area contributed by atoms with Crippen molar-refractivity contribution in [3.8, 4) is 11.5 Å². The van der Waals surface area contributed by atoms with Crippen molar-refractivity contribution in [1.29, 1.82) is 0 Å². The highest BCUT2D eigenvalue weighted by molar-refractivity contribution is 9.10. The van der Waals surface area contributed by atoms with Gasteiger partial charge in [-0.2, -0.15) is 9.78 Å². The molecule has 1 fully saturated rings. The molecule has 0 atom stereocenters. The average molecular weight is 622 g/mol. The molecule has 8 nitrogen and oxygen atoms in total. The Labute approximate surface area is 245 Å². The van der Waals surface area contributed by atoms with Crippen LogP contribution in [0.1, 0.15) is 56.3 Å². The van der Waals surface area contributed by atoms with E-state index < -0.39 is 11.7 Å². The van der Waals surface area contributed by atoms with Gasteiger partial charge in [0.2, 0.25) is 0 Å². The number of hydrogen-bond acceptors (Lipinski definition) is 6. The highest BCUT2D eigenvalue weighted by Gasteiger charge is 2.22. The fourth-order valence-electron chi connectivity index (χ4n) is 4.91. The van der Waals surface area contributed by atoms with Crippen LogP contribution in [0.25, 0.3) is 10.9 Å². The van der Waals surface area contributed by atoms with Gasteiger partial charge in [-0.05, 0) is 73.9 Å². The van der Waals surface area contributed by atoms with E-state index in [0.29, 0.717) is 40.4 Å². The van der Waals surface area contributed by atoms with E-state index in [2.05, 4.69) is 26.3 Å². The molecule has 1 N–H and O–H groups in total. The van der Waals surface area contributed by atoms with Crippen LogP contribution in [0.3, 0.4) is 0 Å². The molecule has 0 aliphatic heterocycles. The maximum Gasteiger partial charge on any atom is 0.282 e. The molecule has 10 heteroatoms. The van der Waals surface area contributed by atoms with Crippen molar-refractivity contribution < 1.29 is 18.7 Å². The number of carbonyl (C=O) groups excluding carboxylic acids is 1. The van der Waals surface area contributed by atoms with Crippen LogP contribution in [0, 0.1) is 5.82 Å². The number of anilines is 1. The number of nitrogens with zero attached hydrogens (tertiary/aromatic N) is 3. The first-order chi connectivity index (χ1) is 19.9. The van der Waals surface area contributed by atoms with Crippen molar-refractivity contribution in [3.63, 3.8) is 0 Å². The molecule has 41 heavy (non-hydrogen) atoms. The van der Waals surface area contributed by atoms with E-state index in [1.807, 2.05) is 19.1 Å². The van der Waals surface area contributed by atoms with E-state index in [1.165, 1.54) is 23.2 Å². The van der Waals surface area contributed by atoms with E-state index in [4.69, 9.17) is 14.5 Å². The molecule has 0 unspecified atom stereocenters. The number of carbonyl (C=O) groups is 1. The van der Waals surface area contributed by atoms with Gasteiger partial charge in [0.25, 0.3) is 11.5 Å². The van der Waals surface area contributed by atoms with Crippen LogP contribution in [-0.2, 0) is 4.79 Å². The number of aromatic nitrogens is 2. The molecular formula is C31H30BrFN4O4. The Bertz CT molecular complexity index is 1650. The van der Waals surface area contributed by atoms with Crippen molar-refractivity contribution in [2.24, 2.45) is 5.10 Å². The average Bonchev–Trinajstić information content (AvgIpc) is 2.98. The lowest BCUT2D eigenvalue weighted by atomic mass is 9.88. The van der Waals surface area contributed by atoms with Crippen LogP contribution in [0.5, 0.6) is 11.5 Å². The lowest BCUT2D eigenvalue weighted by Gasteiger charge is -2.22. The summed E-state index contributed by atoms with van der Waals surface area (Å²) < 4.78 is 27.5. The standard InChI is InChI=1S/C31H30BrFN4O4/c1-2-40-28-16-20(12-15-27(28)41-19-29(38)35-26-11-7-6-10-24(26)33)18-34-37-30(21-8-4-3-5-9-21)36-25-14-13-22(32)17-23(25)31(37)39/h6-7,10-18,21H,2-5,8-9,19H2,1H3,(H,35,38). The van der Waals surface area contributed by atoms with Gasteiger partial charge >= 0.3 is 0 Å². The van der Waals surface area contributed by atoms with Crippen molar-refractivity contribution in [2.75, 3.05) is 18.5 Å². The van der Waals surface area contributed by atoms with E-state index in [9.17, 15) is 14.0 Å². The molecule has 1 saturated carbocycles. The molecule has 0 radical (unpaired) electrons. The summed E-state index contributed by atoms with van der Waals surface area (Å²) in [5.41, 5.74) is 1.19. The number of para-hydroxylation sites is 1. The zero-order valence-electron chi connectivity index (χ0n) is 22.6. The second-order valence-corrected chi connectivity index (χ2v) is 10.7. The Kier molecular flexibility index (Phi) is 9.08. The fourth-order valence-corrected chi connectivity index (χ4v) is 5.27. The predicted octanol–water partition coefficient (Wildman–Crippen LogP) is 6.64. The Morgan fingerprint density at radius 1 is 1.10 bits per heavy atom. The lowest BCUT2D eigenvalue weighted by Crippen LogP contribution is -2.25. The van der Waals surface area contributed by atoms with Crippen LogP contribution in [0.15, 0.2) is 75.0 Å². The molecule has 1 aliphatic rings. The highest BCUT2D eigenvalue weighted by Crippen LogP contribution is 2.32. The molecule has 1 aliphatic carbocycles. The van der Waals surface area contributed by atoms with Crippen molar-refractivity contribution in [2.45, 2.75) is 44.9 Å². The normalized spacial score (nSPS) is 13.9. The largest absolute Gasteiger partial charge is 0.490 e. The third-order valence-corrected chi connectivity index (χ3v) is 7.39. The number of fused-ring (bicyclic) bond motifs is 1. The zero-order chi connectivity index (χ0) is 28.8. The number of nitrogens with one attached hydrogen (secondary N) is 1. The fraction of sp³-hybridized carbons (Fsp3) is 0.290. The number of ether oxygens (including phenoxy) is 2. The number of amides is 1. The summed E-state index contributed by atoms with van der Waals surface area (Å²) in [6.45, 7) is 1.87. The number of rotatable bonds is 9. The summed E-state index contributed by atoms with van der Waals surface area (Å²) in [7, 11) is 0. The second-order valence-electron chi connectivity index (χ2n) is 9.78. The lowest BCUT2D eigenvalue weighted by molar-refractivity contribution is -0.118. The molecule has 1 heterocycles. The van der Waals surface area contributed by atoms with E-state index in [1.54, 1.807) is 42.6 Å². The van der Waals surface area contributed by atoms with Gasteiger partial charge in [0.15, 0.2) is 18.1 Å². The van der Waals surface area contributed by atoms with Gasteiger partial charge < -0.3 is 14.8 Å². The number of benzene rings is 3. The molecule has 0 saturated heterocycles.